The molecule has 84 valence electrons. The minimum atomic E-state index is -1.17. The molecule has 0 aromatic heterocycles. The molecule has 0 atom stereocenters. The second-order valence-corrected chi connectivity index (χ2v) is 5.32. The maximum Gasteiger partial charge on any atom is 0.109 e. The molecule has 2 heteroatoms. The molecule has 0 aliphatic rings. The summed E-state index contributed by atoms with van der Waals surface area (Å²) in [6.07, 6.45) is 0.428. The highest BCUT2D eigenvalue weighted by atomic mass is 19.1. The van der Waals surface area contributed by atoms with Gasteiger partial charge in [0.05, 0.1) is 0 Å². The van der Waals surface area contributed by atoms with Crippen LogP contribution in [0.2, 0.25) is 0 Å². The van der Waals surface area contributed by atoms with Crippen LogP contribution in [0.5, 0.6) is 0 Å². The molecule has 2 N–H and O–H groups in total. The zero-order valence-electron chi connectivity index (χ0n) is 9.97. The molecule has 0 spiro atoms. The smallest absolute Gasteiger partial charge is 0.109 e. The van der Waals surface area contributed by atoms with E-state index < -0.39 is 5.67 Å². The fourth-order valence-electron chi connectivity index (χ4n) is 1.57. The molecule has 0 saturated carbocycles. The second kappa shape index (κ2) is 3.93. The highest BCUT2D eigenvalue weighted by Gasteiger charge is 2.18. The van der Waals surface area contributed by atoms with E-state index in [4.69, 9.17) is 5.73 Å². The SMILES string of the molecule is CC(C)(F)Cc1cccc(C(C)(C)N)c1. The largest absolute Gasteiger partial charge is 0.322 e. The zero-order valence-corrected chi connectivity index (χ0v) is 9.97. The predicted molar refractivity (Wildman–Crippen MR) is 62.5 cm³/mol. The summed E-state index contributed by atoms with van der Waals surface area (Å²) in [5.41, 5.74) is 6.51. The molecule has 0 amide bonds. The van der Waals surface area contributed by atoms with Gasteiger partial charge in [0.15, 0.2) is 0 Å². The molecule has 1 nitrogen and oxygen atoms in total. The van der Waals surface area contributed by atoms with Gasteiger partial charge in [-0.05, 0) is 38.8 Å². The first-order valence-corrected chi connectivity index (χ1v) is 5.26. The van der Waals surface area contributed by atoms with Crippen molar-refractivity contribution in [3.8, 4) is 0 Å². The summed E-state index contributed by atoms with van der Waals surface area (Å²) in [5, 5.41) is 0. The molecule has 0 aliphatic carbocycles. The minimum absolute atomic E-state index is 0.365. The van der Waals surface area contributed by atoms with Crippen LogP contribution in [0.4, 0.5) is 4.39 Å². The average molecular weight is 209 g/mol. The summed E-state index contributed by atoms with van der Waals surface area (Å²) >= 11 is 0. The monoisotopic (exact) mass is 209 g/mol. The third kappa shape index (κ3) is 4.00. The zero-order chi connectivity index (χ0) is 11.7. The number of rotatable bonds is 3. The van der Waals surface area contributed by atoms with Crippen molar-refractivity contribution < 1.29 is 4.39 Å². The number of hydrogen-bond acceptors (Lipinski definition) is 1. The fraction of sp³-hybridized carbons (Fsp3) is 0.538. The van der Waals surface area contributed by atoms with E-state index in [9.17, 15) is 4.39 Å². The van der Waals surface area contributed by atoms with E-state index in [0.29, 0.717) is 6.42 Å². The summed E-state index contributed by atoms with van der Waals surface area (Å²) in [7, 11) is 0. The van der Waals surface area contributed by atoms with Gasteiger partial charge in [-0.15, -0.1) is 0 Å². The van der Waals surface area contributed by atoms with Gasteiger partial charge < -0.3 is 5.73 Å². The normalized spacial score (nSPS) is 12.9. The Kier molecular flexibility index (Phi) is 3.19. The van der Waals surface area contributed by atoms with Gasteiger partial charge in [-0.2, -0.15) is 0 Å². The van der Waals surface area contributed by atoms with E-state index in [1.54, 1.807) is 13.8 Å². The molecule has 1 aromatic rings. The number of alkyl halides is 1. The fourth-order valence-corrected chi connectivity index (χ4v) is 1.57. The van der Waals surface area contributed by atoms with E-state index in [2.05, 4.69) is 0 Å². The summed E-state index contributed by atoms with van der Waals surface area (Å²) in [6, 6.07) is 7.84. The van der Waals surface area contributed by atoms with Crippen molar-refractivity contribution >= 4 is 0 Å². The van der Waals surface area contributed by atoms with Crippen LogP contribution in [0.1, 0.15) is 38.8 Å². The lowest BCUT2D eigenvalue weighted by atomic mass is 9.91. The van der Waals surface area contributed by atoms with Crippen LogP contribution >= 0.6 is 0 Å². The summed E-state index contributed by atoms with van der Waals surface area (Å²) < 4.78 is 13.5. The molecule has 1 rings (SSSR count). The van der Waals surface area contributed by atoms with Crippen molar-refractivity contribution in [2.24, 2.45) is 5.73 Å². The lowest BCUT2D eigenvalue weighted by molar-refractivity contribution is 0.217. The van der Waals surface area contributed by atoms with Gasteiger partial charge in [0, 0.05) is 12.0 Å². The second-order valence-electron chi connectivity index (χ2n) is 5.32. The van der Waals surface area contributed by atoms with Crippen molar-refractivity contribution in [3.05, 3.63) is 35.4 Å². The predicted octanol–water partition coefficient (Wildman–Crippen LogP) is 3.17. The van der Waals surface area contributed by atoms with Crippen LogP contribution in [0.3, 0.4) is 0 Å². The lowest BCUT2D eigenvalue weighted by Crippen LogP contribution is -2.28. The molecule has 0 aliphatic heterocycles. The van der Waals surface area contributed by atoms with E-state index in [-0.39, 0.29) is 5.54 Å². The summed E-state index contributed by atoms with van der Waals surface area (Å²) in [5.74, 6) is 0. The maximum atomic E-state index is 13.5. The summed E-state index contributed by atoms with van der Waals surface area (Å²) in [6.45, 7) is 7.08. The van der Waals surface area contributed by atoms with Crippen molar-refractivity contribution in [1.29, 1.82) is 0 Å². The Morgan fingerprint density at radius 1 is 1.20 bits per heavy atom. The minimum Gasteiger partial charge on any atom is -0.322 e. The van der Waals surface area contributed by atoms with Gasteiger partial charge in [0.1, 0.15) is 5.67 Å². The van der Waals surface area contributed by atoms with Gasteiger partial charge in [0.2, 0.25) is 0 Å². The number of halogens is 1. The first-order chi connectivity index (χ1) is 6.68. The molecule has 0 unspecified atom stereocenters. The van der Waals surface area contributed by atoms with E-state index in [1.165, 1.54) is 0 Å². The molecule has 1 aromatic carbocycles. The number of benzene rings is 1. The van der Waals surface area contributed by atoms with Crippen molar-refractivity contribution in [1.82, 2.24) is 0 Å². The van der Waals surface area contributed by atoms with Crippen molar-refractivity contribution in [2.45, 2.75) is 45.3 Å². The standard InChI is InChI=1S/C13H20FN/c1-12(2,14)9-10-6-5-7-11(8-10)13(3,4)15/h5-8H,9,15H2,1-4H3. The topological polar surface area (TPSA) is 26.0 Å². The Morgan fingerprint density at radius 2 is 1.80 bits per heavy atom. The lowest BCUT2D eigenvalue weighted by Gasteiger charge is -2.21. The van der Waals surface area contributed by atoms with Gasteiger partial charge in [-0.25, -0.2) is 4.39 Å². The Balaban J connectivity index is 2.94. The van der Waals surface area contributed by atoms with Crippen molar-refractivity contribution in [3.63, 3.8) is 0 Å². The van der Waals surface area contributed by atoms with E-state index in [0.717, 1.165) is 11.1 Å². The summed E-state index contributed by atoms with van der Waals surface area (Å²) in [4.78, 5) is 0. The van der Waals surface area contributed by atoms with Gasteiger partial charge in [-0.3, -0.25) is 0 Å². The third-order valence-electron chi connectivity index (χ3n) is 2.30. The molecule has 15 heavy (non-hydrogen) atoms. The van der Waals surface area contributed by atoms with Crippen molar-refractivity contribution in [2.75, 3.05) is 0 Å². The first-order valence-electron chi connectivity index (χ1n) is 5.26. The van der Waals surface area contributed by atoms with Crippen LogP contribution < -0.4 is 5.73 Å². The van der Waals surface area contributed by atoms with E-state index >= 15 is 0 Å². The Morgan fingerprint density at radius 3 is 2.27 bits per heavy atom. The molecule has 0 radical (unpaired) electrons. The highest BCUT2D eigenvalue weighted by molar-refractivity contribution is 5.29. The molecule has 0 heterocycles. The van der Waals surface area contributed by atoms with E-state index in [1.807, 2.05) is 38.1 Å². The van der Waals surface area contributed by atoms with Crippen LogP contribution in [0, 0.1) is 0 Å². The third-order valence-corrected chi connectivity index (χ3v) is 2.30. The number of hydrogen-bond donors (Lipinski definition) is 1. The quantitative estimate of drug-likeness (QED) is 0.813. The maximum absolute atomic E-state index is 13.5. The molecule has 0 bridgehead atoms. The van der Waals surface area contributed by atoms with Crippen LogP contribution in [0.15, 0.2) is 24.3 Å². The first kappa shape index (κ1) is 12.2. The molecular formula is C13H20FN. The van der Waals surface area contributed by atoms with Gasteiger partial charge in [0.25, 0.3) is 0 Å². The highest BCUT2D eigenvalue weighted by Crippen LogP contribution is 2.21. The van der Waals surface area contributed by atoms with Crippen LogP contribution in [-0.2, 0) is 12.0 Å². The Labute approximate surface area is 91.5 Å². The van der Waals surface area contributed by atoms with Gasteiger partial charge >= 0.3 is 0 Å². The van der Waals surface area contributed by atoms with Crippen LogP contribution in [0.25, 0.3) is 0 Å². The van der Waals surface area contributed by atoms with Gasteiger partial charge in [-0.1, -0.05) is 24.3 Å². The molecule has 0 fully saturated rings. The average Bonchev–Trinajstić information content (AvgIpc) is 1.99. The molecular weight excluding hydrogens is 189 g/mol. The Hall–Kier alpha value is -0.890. The van der Waals surface area contributed by atoms with Crippen LogP contribution in [-0.4, -0.2) is 5.67 Å². The molecule has 0 saturated heterocycles. The Bertz CT molecular complexity index is 331. The number of nitrogens with two attached hydrogens (primary N) is 1.